The van der Waals surface area contributed by atoms with Crippen molar-refractivity contribution in [1.29, 1.82) is 0 Å². The van der Waals surface area contributed by atoms with Gasteiger partial charge in [0.25, 0.3) is 0 Å². The van der Waals surface area contributed by atoms with E-state index in [2.05, 4.69) is 15.3 Å². The topological polar surface area (TPSA) is 71.4 Å². The first kappa shape index (κ1) is 19.5. The van der Waals surface area contributed by atoms with Gasteiger partial charge >= 0.3 is 0 Å². The first-order valence-corrected chi connectivity index (χ1v) is 10.1. The van der Waals surface area contributed by atoms with Gasteiger partial charge in [-0.1, -0.05) is 29.8 Å². The van der Waals surface area contributed by atoms with E-state index in [0.717, 1.165) is 29.7 Å². The summed E-state index contributed by atoms with van der Waals surface area (Å²) < 4.78 is 0. The summed E-state index contributed by atoms with van der Waals surface area (Å²) in [6, 6.07) is 11.0. The van der Waals surface area contributed by atoms with E-state index in [4.69, 9.17) is 11.6 Å². The number of rotatable bonds is 3. The number of halogens is 1. The number of hydrogen-bond donors (Lipinski definition) is 1. The Morgan fingerprint density at radius 2 is 1.86 bits per heavy atom. The number of benzene rings is 1. The lowest BCUT2D eigenvalue weighted by Gasteiger charge is -2.35. The molecule has 1 unspecified atom stereocenters. The Morgan fingerprint density at radius 3 is 2.55 bits per heavy atom. The van der Waals surface area contributed by atoms with Crippen molar-refractivity contribution < 1.29 is 9.59 Å². The van der Waals surface area contributed by atoms with Crippen LogP contribution in [-0.4, -0.2) is 22.4 Å². The summed E-state index contributed by atoms with van der Waals surface area (Å²) >= 11 is 6.07. The highest BCUT2D eigenvalue weighted by Gasteiger charge is 2.42. The molecular formula is C23H22ClN3O2. The van der Waals surface area contributed by atoms with Gasteiger partial charge in [-0.25, -0.2) is 4.98 Å². The number of nitrogens with zero attached hydrogens (tertiary/aromatic N) is 2. The number of aromatic nitrogens is 1. The van der Waals surface area contributed by atoms with Crippen LogP contribution in [0.3, 0.4) is 0 Å². The Morgan fingerprint density at radius 1 is 1.10 bits per heavy atom. The third-order valence-electron chi connectivity index (χ3n) is 5.51. The molecule has 0 radical (unpaired) electrons. The summed E-state index contributed by atoms with van der Waals surface area (Å²) in [4.78, 5) is 35.1. The molecule has 0 spiro atoms. The minimum absolute atomic E-state index is 0.0775. The summed E-state index contributed by atoms with van der Waals surface area (Å²) in [5.41, 5.74) is 4.10. The molecule has 1 aliphatic carbocycles. The van der Waals surface area contributed by atoms with Crippen molar-refractivity contribution in [1.82, 2.24) is 4.98 Å². The predicted molar refractivity (Wildman–Crippen MR) is 114 cm³/mol. The second kappa shape index (κ2) is 7.91. The van der Waals surface area contributed by atoms with Crippen LogP contribution in [-0.2, 0) is 9.59 Å². The van der Waals surface area contributed by atoms with Gasteiger partial charge in [-0.2, -0.15) is 0 Å². The van der Waals surface area contributed by atoms with Crippen LogP contribution in [0.2, 0.25) is 5.02 Å². The van der Waals surface area contributed by atoms with E-state index in [1.54, 1.807) is 24.4 Å². The number of carbonyl (C=O) groups excluding carboxylic acids is 2. The van der Waals surface area contributed by atoms with E-state index >= 15 is 0 Å². The number of amides is 1. The van der Waals surface area contributed by atoms with Crippen LogP contribution in [0.15, 0.2) is 58.9 Å². The van der Waals surface area contributed by atoms with Crippen LogP contribution >= 0.6 is 11.6 Å². The predicted octanol–water partition coefficient (Wildman–Crippen LogP) is 4.86. The lowest BCUT2D eigenvalue weighted by molar-refractivity contribution is -0.119. The minimum atomic E-state index is -0.583. The molecule has 2 aromatic rings. The monoisotopic (exact) mass is 407 g/mol. The molecule has 1 N–H and O–H groups in total. The van der Waals surface area contributed by atoms with Gasteiger partial charge in [0.1, 0.15) is 5.82 Å². The summed E-state index contributed by atoms with van der Waals surface area (Å²) in [6.45, 7) is 3.80. The Bertz CT molecular complexity index is 1020. The van der Waals surface area contributed by atoms with Gasteiger partial charge in [-0.15, -0.1) is 0 Å². The van der Waals surface area contributed by atoms with Crippen molar-refractivity contribution in [3.8, 4) is 0 Å². The highest BCUT2D eigenvalue weighted by atomic mass is 35.5. The molecule has 29 heavy (non-hydrogen) atoms. The summed E-state index contributed by atoms with van der Waals surface area (Å²) in [5, 5.41) is 3.51. The van der Waals surface area contributed by atoms with Gasteiger partial charge in [0.15, 0.2) is 5.78 Å². The highest BCUT2D eigenvalue weighted by Crippen LogP contribution is 2.43. The van der Waals surface area contributed by atoms with Crippen LogP contribution in [0.25, 0.3) is 0 Å². The van der Waals surface area contributed by atoms with E-state index in [1.807, 2.05) is 32.0 Å². The number of anilines is 1. The number of Topliss-reactive ketones (excluding diaryl/α,β-unsaturated/α-hetero) is 1. The molecule has 0 bridgehead atoms. The average Bonchev–Trinajstić information content (AvgIpc) is 2.69. The molecule has 2 aliphatic rings. The maximum Gasteiger partial charge on any atom is 0.235 e. The minimum Gasteiger partial charge on any atom is -0.310 e. The van der Waals surface area contributed by atoms with Gasteiger partial charge in [0.05, 0.1) is 5.92 Å². The summed E-state index contributed by atoms with van der Waals surface area (Å²) in [7, 11) is 0. The number of ketones is 1. The van der Waals surface area contributed by atoms with Gasteiger partial charge in [-0.05, 0) is 56.0 Å². The van der Waals surface area contributed by atoms with E-state index in [9.17, 15) is 9.59 Å². The van der Waals surface area contributed by atoms with Crippen LogP contribution < -0.4 is 5.32 Å². The number of aryl methyl sites for hydroxylation is 1. The molecule has 0 saturated heterocycles. The molecule has 4 rings (SSSR count). The molecule has 1 aromatic heterocycles. The van der Waals surface area contributed by atoms with Crippen LogP contribution in [0.4, 0.5) is 5.82 Å². The Balaban J connectivity index is 1.76. The van der Waals surface area contributed by atoms with Crippen molar-refractivity contribution >= 4 is 34.8 Å². The molecule has 6 heteroatoms. The smallest absolute Gasteiger partial charge is 0.235 e. The maximum absolute atomic E-state index is 13.3. The Hall–Kier alpha value is -2.79. The van der Waals surface area contributed by atoms with Gasteiger partial charge in [0, 0.05) is 40.5 Å². The number of nitrogens with one attached hydrogen (secondary N) is 1. The second-order valence-electron chi connectivity index (χ2n) is 7.61. The summed E-state index contributed by atoms with van der Waals surface area (Å²) in [5.74, 6) is -0.614. The van der Waals surface area contributed by atoms with E-state index < -0.39 is 5.92 Å². The lowest BCUT2D eigenvalue weighted by atomic mass is 9.71. The van der Waals surface area contributed by atoms with E-state index in [0.29, 0.717) is 28.5 Å². The van der Waals surface area contributed by atoms with Crippen LogP contribution in [0.1, 0.15) is 43.2 Å². The number of hydrogen-bond acceptors (Lipinski definition) is 4. The lowest BCUT2D eigenvalue weighted by Crippen LogP contribution is -2.39. The molecule has 2 heterocycles. The van der Waals surface area contributed by atoms with Gasteiger partial charge < -0.3 is 5.32 Å². The first-order chi connectivity index (χ1) is 13.9. The zero-order valence-electron chi connectivity index (χ0n) is 16.4. The Labute approximate surface area is 174 Å². The number of carbonyl (C=O) groups is 2. The normalized spacial score (nSPS) is 21.5. The fraction of sp³-hybridized carbons (Fsp3) is 0.304. The zero-order chi connectivity index (χ0) is 20.5. The number of pyridine rings is 1. The third kappa shape index (κ3) is 3.87. The van der Waals surface area contributed by atoms with Crippen LogP contribution in [0, 0.1) is 12.8 Å². The highest BCUT2D eigenvalue weighted by molar-refractivity contribution is 6.30. The van der Waals surface area contributed by atoms with Crippen molar-refractivity contribution in [2.45, 2.75) is 39.0 Å². The third-order valence-corrected chi connectivity index (χ3v) is 5.76. The largest absolute Gasteiger partial charge is 0.310 e. The van der Waals surface area contributed by atoms with Crippen LogP contribution in [0.5, 0.6) is 0 Å². The molecule has 1 amide bonds. The van der Waals surface area contributed by atoms with Crippen molar-refractivity contribution in [3.05, 3.63) is 70.0 Å². The zero-order valence-corrected chi connectivity index (χ0v) is 17.2. The van der Waals surface area contributed by atoms with Crippen molar-refractivity contribution in [2.75, 3.05) is 5.32 Å². The molecule has 148 valence electrons. The molecule has 5 nitrogen and oxygen atoms in total. The fourth-order valence-corrected chi connectivity index (χ4v) is 4.25. The molecule has 1 aromatic carbocycles. The van der Waals surface area contributed by atoms with Gasteiger partial charge in [0.2, 0.25) is 5.91 Å². The maximum atomic E-state index is 13.3. The van der Waals surface area contributed by atoms with Crippen molar-refractivity contribution in [2.24, 2.45) is 10.9 Å². The average molecular weight is 408 g/mol. The molecule has 2 atom stereocenters. The Kier molecular flexibility index (Phi) is 5.33. The number of aliphatic imine (C=N–C) groups is 1. The standard InChI is InChI=1S/C23H22ClN3O2/c1-13-6-11-19(25-12-13)27-23(29)20-14(2)26-17-4-3-5-18(28)22(17)21(20)15-7-9-16(24)10-8-15/h6-12,20-21H,3-5H2,1-2H3,(H,25,27,29)/t20?,21-/m1/s1. The number of allylic oxidation sites excluding steroid dienone is 2. The quantitative estimate of drug-likeness (QED) is 0.789. The second-order valence-corrected chi connectivity index (χ2v) is 8.04. The van der Waals surface area contributed by atoms with Gasteiger partial charge in [-0.3, -0.25) is 14.6 Å². The molecule has 0 saturated carbocycles. The molecular weight excluding hydrogens is 386 g/mol. The van der Waals surface area contributed by atoms with Crippen molar-refractivity contribution in [3.63, 3.8) is 0 Å². The summed E-state index contributed by atoms with van der Waals surface area (Å²) in [6.07, 6.45) is 3.76. The van der Waals surface area contributed by atoms with E-state index in [-0.39, 0.29) is 17.6 Å². The SMILES string of the molecule is CC1=NC2=C(C(=O)CCC2)[C@H](c2ccc(Cl)cc2)C1C(=O)Nc1ccc(C)cn1. The molecule has 0 fully saturated rings. The first-order valence-electron chi connectivity index (χ1n) is 9.74. The molecule has 1 aliphatic heterocycles. The fourth-order valence-electron chi connectivity index (χ4n) is 4.12. The van der Waals surface area contributed by atoms with E-state index in [1.165, 1.54) is 0 Å².